The highest BCUT2D eigenvalue weighted by Crippen LogP contribution is 2.41. The van der Waals surface area contributed by atoms with Gasteiger partial charge in [0.15, 0.2) is 0 Å². The predicted octanol–water partition coefficient (Wildman–Crippen LogP) is 8.22. The molecule has 1 aromatic heterocycles. The fraction of sp³-hybridized carbons (Fsp3) is 0.200. The molecular weight excluding hydrogens is 537 g/mol. The van der Waals surface area contributed by atoms with E-state index >= 15 is 0 Å². The van der Waals surface area contributed by atoms with Crippen LogP contribution in [0.5, 0.6) is 0 Å². The summed E-state index contributed by atoms with van der Waals surface area (Å²) >= 11 is 0. The second kappa shape index (κ2) is 10.4. The average Bonchev–Trinajstić information content (AvgIpc) is 3.42. The second-order valence-corrected chi connectivity index (χ2v) is 9.59. The number of hydrogen-bond acceptors (Lipinski definition) is 2. The van der Waals surface area contributed by atoms with Gasteiger partial charge in [0.25, 0.3) is 5.91 Å². The van der Waals surface area contributed by atoms with Crippen molar-refractivity contribution in [3.63, 3.8) is 0 Å². The van der Waals surface area contributed by atoms with Gasteiger partial charge in [-0.1, -0.05) is 24.3 Å². The lowest BCUT2D eigenvalue weighted by atomic mass is 9.90. The Balaban J connectivity index is 1.58. The second-order valence-electron chi connectivity index (χ2n) is 9.59. The molecule has 40 heavy (non-hydrogen) atoms. The Morgan fingerprint density at radius 1 is 0.800 bits per heavy atom. The zero-order valence-corrected chi connectivity index (χ0v) is 20.7. The van der Waals surface area contributed by atoms with Crippen molar-refractivity contribution >= 4 is 5.91 Å². The van der Waals surface area contributed by atoms with Crippen LogP contribution >= 0.6 is 0 Å². The predicted molar refractivity (Wildman–Crippen MR) is 135 cm³/mol. The molecule has 1 saturated heterocycles. The van der Waals surface area contributed by atoms with Crippen LogP contribution in [0.15, 0.2) is 85.2 Å². The quantitative estimate of drug-likeness (QED) is 0.237. The molecule has 1 aliphatic heterocycles. The Morgan fingerprint density at radius 2 is 1.52 bits per heavy atom. The fourth-order valence-corrected chi connectivity index (χ4v) is 4.95. The zero-order valence-electron chi connectivity index (χ0n) is 20.7. The van der Waals surface area contributed by atoms with E-state index in [4.69, 9.17) is 0 Å². The van der Waals surface area contributed by atoms with Gasteiger partial charge in [0.1, 0.15) is 5.82 Å². The minimum absolute atomic E-state index is 0.00610. The molecule has 0 aliphatic carbocycles. The number of carbonyl (C=O) groups excluding carboxylic acids is 1. The van der Waals surface area contributed by atoms with Crippen LogP contribution in [0.1, 0.15) is 39.4 Å². The van der Waals surface area contributed by atoms with Gasteiger partial charge in [-0.15, -0.1) is 0 Å². The molecule has 3 nitrogen and oxygen atoms in total. The van der Waals surface area contributed by atoms with Crippen molar-refractivity contribution in [3.05, 3.63) is 113 Å². The summed E-state index contributed by atoms with van der Waals surface area (Å²) in [7, 11) is 0. The lowest BCUT2D eigenvalue weighted by Gasteiger charge is -2.20. The summed E-state index contributed by atoms with van der Waals surface area (Å²) in [5, 5.41) is 0. The summed E-state index contributed by atoms with van der Waals surface area (Å²) in [4.78, 5) is 19.2. The number of alkyl halides is 6. The summed E-state index contributed by atoms with van der Waals surface area (Å²) in [5.41, 5.74) is -1.82. The molecule has 1 unspecified atom stereocenters. The summed E-state index contributed by atoms with van der Waals surface area (Å²) in [6.07, 6.45) is -5.98. The number of pyridine rings is 1. The fourth-order valence-electron chi connectivity index (χ4n) is 4.95. The van der Waals surface area contributed by atoms with Gasteiger partial charge in [0, 0.05) is 37.0 Å². The smallest absolute Gasteiger partial charge is 0.338 e. The van der Waals surface area contributed by atoms with Crippen molar-refractivity contribution in [2.24, 2.45) is 0 Å². The van der Waals surface area contributed by atoms with E-state index < -0.39 is 29.3 Å². The van der Waals surface area contributed by atoms with Gasteiger partial charge in [-0.25, -0.2) is 4.39 Å². The summed E-state index contributed by atoms with van der Waals surface area (Å²) < 4.78 is 95.5. The maximum atomic E-state index is 14.2. The van der Waals surface area contributed by atoms with E-state index in [0.29, 0.717) is 31.6 Å². The number of rotatable bonds is 4. The lowest BCUT2D eigenvalue weighted by Crippen LogP contribution is -2.28. The third kappa shape index (κ3) is 5.71. The number of carbonyl (C=O) groups is 1. The van der Waals surface area contributed by atoms with Crippen LogP contribution in [0.3, 0.4) is 0 Å². The highest BCUT2D eigenvalue weighted by Gasteiger charge is 2.37. The van der Waals surface area contributed by atoms with Crippen LogP contribution in [0, 0.1) is 5.82 Å². The van der Waals surface area contributed by atoms with Gasteiger partial charge in [-0.05, 0) is 82.8 Å². The van der Waals surface area contributed by atoms with Crippen LogP contribution in [-0.4, -0.2) is 28.9 Å². The molecule has 0 saturated carbocycles. The SMILES string of the molecule is O=C(c1ccc(-c2cc(C(F)(F)F)cc(C(F)(F)F)c2)c(-c2cccc(F)c2)c1)N1CCC(c2cccnc2)C1. The van der Waals surface area contributed by atoms with Crippen molar-refractivity contribution in [2.75, 3.05) is 13.1 Å². The number of likely N-dealkylation sites (tertiary alicyclic amines) is 1. The van der Waals surface area contributed by atoms with Gasteiger partial charge in [0.2, 0.25) is 0 Å². The molecule has 0 N–H and O–H groups in total. The number of amides is 1. The van der Waals surface area contributed by atoms with Crippen molar-refractivity contribution in [1.29, 1.82) is 0 Å². The zero-order chi connectivity index (χ0) is 28.7. The highest BCUT2D eigenvalue weighted by atomic mass is 19.4. The molecule has 3 aromatic carbocycles. The largest absolute Gasteiger partial charge is 0.416 e. The first-order valence-corrected chi connectivity index (χ1v) is 12.3. The standard InChI is InChI=1S/C30H21F7N2O/c31-25-5-1-3-18(13-25)27-14-19(28(40)39-10-8-21(17-39)20-4-2-9-38-16-20)6-7-26(27)22-11-23(29(32,33)34)15-24(12-22)30(35,36)37/h1-7,9,11-16,21H,8,10,17H2. The molecule has 1 atom stereocenters. The molecule has 10 heteroatoms. The van der Waals surface area contributed by atoms with Crippen LogP contribution in [0.4, 0.5) is 30.7 Å². The Morgan fingerprint density at radius 3 is 2.15 bits per heavy atom. The first kappa shape index (κ1) is 27.4. The first-order valence-electron chi connectivity index (χ1n) is 12.3. The van der Waals surface area contributed by atoms with Gasteiger partial charge in [-0.3, -0.25) is 9.78 Å². The van der Waals surface area contributed by atoms with E-state index in [-0.39, 0.29) is 45.7 Å². The summed E-state index contributed by atoms with van der Waals surface area (Å²) in [6, 6.07) is 14.2. The summed E-state index contributed by atoms with van der Waals surface area (Å²) in [6.45, 7) is 0.877. The van der Waals surface area contributed by atoms with Crippen LogP contribution in [0.25, 0.3) is 22.3 Å². The molecular formula is C30H21F7N2O. The van der Waals surface area contributed by atoms with Crippen molar-refractivity contribution in [1.82, 2.24) is 9.88 Å². The van der Waals surface area contributed by atoms with E-state index in [1.54, 1.807) is 17.3 Å². The van der Waals surface area contributed by atoms with E-state index in [9.17, 15) is 35.5 Å². The van der Waals surface area contributed by atoms with Gasteiger partial charge < -0.3 is 4.90 Å². The molecule has 0 spiro atoms. The third-order valence-corrected chi connectivity index (χ3v) is 6.93. The lowest BCUT2D eigenvalue weighted by molar-refractivity contribution is -0.143. The molecule has 206 valence electrons. The van der Waals surface area contributed by atoms with Crippen LogP contribution in [-0.2, 0) is 12.4 Å². The third-order valence-electron chi connectivity index (χ3n) is 6.93. The topological polar surface area (TPSA) is 33.2 Å². The molecule has 1 aliphatic rings. The average molecular weight is 558 g/mol. The van der Waals surface area contributed by atoms with E-state index in [0.717, 1.165) is 17.7 Å². The van der Waals surface area contributed by atoms with E-state index in [1.807, 2.05) is 12.1 Å². The molecule has 1 amide bonds. The van der Waals surface area contributed by atoms with Crippen molar-refractivity contribution in [2.45, 2.75) is 24.7 Å². The first-order chi connectivity index (χ1) is 18.9. The number of halogens is 7. The van der Waals surface area contributed by atoms with Crippen molar-refractivity contribution < 1.29 is 35.5 Å². The van der Waals surface area contributed by atoms with Gasteiger partial charge in [0.05, 0.1) is 11.1 Å². The normalized spacial score (nSPS) is 15.9. The molecule has 0 radical (unpaired) electrons. The monoisotopic (exact) mass is 558 g/mol. The van der Waals surface area contributed by atoms with Crippen molar-refractivity contribution in [3.8, 4) is 22.3 Å². The Bertz CT molecular complexity index is 1520. The Labute approximate surface area is 224 Å². The van der Waals surface area contributed by atoms with E-state index in [2.05, 4.69) is 4.98 Å². The van der Waals surface area contributed by atoms with Crippen LogP contribution < -0.4 is 0 Å². The number of aromatic nitrogens is 1. The summed E-state index contributed by atoms with van der Waals surface area (Å²) in [5.74, 6) is -0.930. The molecule has 1 fully saturated rings. The minimum Gasteiger partial charge on any atom is -0.338 e. The van der Waals surface area contributed by atoms with Crippen LogP contribution in [0.2, 0.25) is 0 Å². The van der Waals surface area contributed by atoms with E-state index in [1.165, 1.54) is 30.3 Å². The molecule has 4 aromatic rings. The highest BCUT2D eigenvalue weighted by molar-refractivity contribution is 5.98. The maximum Gasteiger partial charge on any atom is 0.416 e. The maximum absolute atomic E-state index is 14.2. The van der Waals surface area contributed by atoms with Gasteiger partial charge in [-0.2, -0.15) is 26.3 Å². The Hall–Kier alpha value is -4.21. The van der Waals surface area contributed by atoms with Gasteiger partial charge >= 0.3 is 12.4 Å². The minimum atomic E-state index is -5.04. The number of benzene rings is 3. The molecule has 0 bridgehead atoms. The number of hydrogen-bond donors (Lipinski definition) is 0. The number of nitrogens with zero attached hydrogens (tertiary/aromatic N) is 2. The Kier molecular flexibility index (Phi) is 7.12. The molecule has 5 rings (SSSR count). The molecule has 2 heterocycles.